The van der Waals surface area contributed by atoms with E-state index < -0.39 is 153 Å². The van der Waals surface area contributed by atoms with Gasteiger partial charge in [-0.3, -0.25) is 34.0 Å². The molecule has 0 saturated carbocycles. The van der Waals surface area contributed by atoms with Crippen molar-refractivity contribution in [1.29, 1.82) is 0 Å². The average molecular weight is 1000 g/mol. The van der Waals surface area contributed by atoms with Crippen LogP contribution in [0.2, 0.25) is 0 Å². The number of hydrogen-bond acceptors (Lipinski definition) is 19. The van der Waals surface area contributed by atoms with Crippen LogP contribution in [-0.2, 0) is 86.8 Å². The summed E-state index contributed by atoms with van der Waals surface area (Å²) in [6, 6.07) is -1.07. The van der Waals surface area contributed by atoms with Crippen LogP contribution in [0.1, 0.15) is 67.2 Å². The second kappa shape index (κ2) is 24.4. The van der Waals surface area contributed by atoms with Crippen molar-refractivity contribution in [2.45, 2.75) is 130 Å². The van der Waals surface area contributed by atoms with E-state index >= 15 is 0 Å². The topological polar surface area (TPSA) is 315 Å². The zero-order valence-corrected chi connectivity index (χ0v) is 40.9. The van der Waals surface area contributed by atoms with Crippen molar-refractivity contribution in [3.05, 3.63) is 62.9 Å². The minimum Gasteiger partial charge on any atom is -0.466 e. The van der Waals surface area contributed by atoms with Crippen molar-refractivity contribution in [3.63, 3.8) is 0 Å². The molecule has 4 heterocycles. The summed E-state index contributed by atoms with van der Waals surface area (Å²) < 4.78 is 40.7. The predicted octanol–water partition coefficient (Wildman–Crippen LogP) is -2.95. The summed E-state index contributed by atoms with van der Waals surface area (Å²) in [5, 5.41) is 10.4. The molecule has 2 aromatic rings. The van der Waals surface area contributed by atoms with Gasteiger partial charge in [-0.15, -0.1) is 0 Å². The van der Waals surface area contributed by atoms with Crippen molar-refractivity contribution in [2.75, 3.05) is 68.1 Å². The predicted molar refractivity (Wildman–Crippen MR) is 239 cm³/mol. The molecule has 2 fully saturated rings. The number of aromatic nitrogens is 6. The number of methoxy groups -OCH3 is 3. The molecule has 0 aromatic carbocycles. The first-order valence-electron chi connectivity index (χ1n) is 22.3. The molecule has 1 N–H and O–H groups in total. The van der Waals surface area contributed by atoms with Gasteiger partial charge in [-0.1, -0.05) is 0 Å². The van der Waals surface area contributed by atoms with E-state index in [4.69, 9.17) is 33.2 Å². The van der Waals surface area contributed by atoms with Crippen molar-refractivity contribution in [2.24, 2.45) is 0 Å². The van der Waals surface area contributed by atoms with Crippen LogP contribution in [0.3, 0.4) is 0 Å². The third-order valence-electron chi connectivity index (χ3n) is 10.7. The Hall–Kier alpha value is -6.43. The highest BCUT2D eigenvalue weighted by Gasteiger charge is 2.59. The maximum Gasteiger partial charge on any atom is 0.336 e. The van der Waals surface area contributed by atoms with Gasteiger partial charge in [0.15, 0.2) is 12.3 Å². The number of urea groups is 2. The highest BCUT2D eigenvalue weighted by Crippen LogP contribution is 2.34. The number of amides is 4. The monoisotopic (exact) mass is 1000 g/mol. The van der Waals surface area contributed by atoms with Crippen molar-refractivity contribution >= 4 is 30.0 Å². The number of nitrogens with zero attached hydrogens (tertiary/aromatic N) is 10. The Bertz CT molecular complexity index is 2580. The highest BCUT2D eigenvalue weighted by molar-refractivity contribution is 5.85. The molecule has 2 aliphatic heterocycles. The van der Waals surface area contributed by atoms with Gasteiger partial charge in [-0.2, -0.15) is 0 Å². The first kappa shape index (κ1) is 56.2. The first-order chi connectivity index (χ1) is 32.9. The summed E-state index contributed by atoms with van der Waals surface area (Å²) in [7, 11) is 4.12. The van der Waals surface area contributed by atoms with Gasteiger partial charge in [0.2, 0.25) is 0 Å². The van der Waals surface area contributed by atoms with Gasteiger partial charge in [-0.05, 0) is 48.0 Å². The molecule has 0 aliphatic carbocycles. The van der Waals surface area contributed by atoms with Crippen LogP contribution >= 0.6 is 0 Å². The number of fused-ring (bicyclic) bond motifs is 1. The smallest absolute Gasteiger partial charge is 0.336 e. The maximum absolute atomic E-state index is 13.8. The second-order valence-electron chi connectivity index (χ2n) is 17.6. The van der Waals surface area contributed by atoms with E-state index in [9.17, 15) is 57.8 Å². The van der Waals surface area contributed by atoms with Gasteiger partial charge >= 0.3 is 64.1 Å². The van der Waals surface area contributed by atoms with Crippen molar-refractivity contribution in [1.82, 2.24) is 47.0 Å². The molecule has 2 atom stereocenters. The molecule has 70 heavy (non-hydrogen) atoms. The fraction of sp³-hybridized carbons (Fsp3) is 0.732. The van der Waals surface area contributed by atoms with Crippen LogP contribution in [0.15, 0.2) is 28.8 Å². The van der Waals surface area contributed by atoms with Crippen molar-refractivity contribution in [3.8, 4) is 0 Å². The zero-order valence-electron chi connectivity index (χ0n) is 40.9. The molecular weight excluding hydrogens is 937 g/mol. The largest absolute Gasteiger partial charge is 0.466 e. The average Bonchev–Trinajstić information content (AvgIpc) is 3.68. The van der Waals surface area contributed by atoms with Crippen LogP contribution in [0.25, 0.3) is 0 Å². The zero-order chi connectivity index (χ0) is 52.2. The molecule has 2 aromatic heterocycles. The molecule has 0 spiro atoms. The second-order valence-corrected chi connectivity index (χ2v) is 17.6. The van der Waals surface area contributed by atoms with Gasteiger partial charge in [0.1, 0.15) is 39.1 Å². The van der Waals surface area contributed by atoms with E-state index in [0.29, 0.717) is 27.4 Å². The van der Waals surface area contributed by atoms with Gasteiger partial charge in [0.25, 0.3) is 0 Å². The van der Waals surface area contributed by atoms with Crippen molar-refractivity contribution < 1.29 is 62.2 Å². The first-order valence-corrected chi connectivity index (χ1v) is 22.3. The number of ether oxygens (including phenoxy) is 7. The number of esters is 3. The standard InChI is InChI=1S/C41H64N10O19/c1-10-68-27(52)11-15-42-32(55)43(34(57)44(33(42)56)17-13-29(54)70-40(2,3)4)16-12-28(53)69-22-20-47-36(59)45(18-14-41(5,6)63)35(58)46(37(47)60)19-21-67-26-51-31-30(49(24-65-8)39(51)62)48(23-64-7)38(61)50(31)25-66-9/h30-31,63H,10-26H2,1-9H3. The molecule has 29 heteroatoms. The molecule has 392 valence electrons. The Morgan fingerprint density at radius 1 is 0.486 bits per heavy atom. The lowest BCUT2D eigenvalue weighted by Crippen LogP contribution is -2.55. The van der Waals surface area contributed by atoms with Crippen LogP contribution in [-0.4, -0.2) is 174 Å². The molecule has 2 saturated heterocycles. The Kier molecular flexibility index (Phi) is 19.6. The number of rotatable bonds is 27. The minimum atomic E-state index is -1.35. The molecule has 0 bridgehead atoms. The van der Waals surface area contributed by atoms with E-state index in [0.717, 1.165) is 0 Å². The molecule has 0 radical (unpaired) electrons. The van der Waals surface area contributed by atoms with Gasteiger partial charge in [0.05, 0.1) is 51.2 Å². The van der Waals surface area contributed by atoms with E-state index in [2.05, 4.69) is 0 Å². The summed E-state index contributed by atoms with van der Waals surface area (Å²) in [5.74, 6) is -2.50. The summed E-state index contributed by atoms with van der Waals surface area (Å²) in [6.07, 6.45) is -3.40. The third kappa shape index (κ3) is 13.7. The Balaban J connectivity index is 1.53. The Morgan fingerprint density at radius 2 is 0.829 bits per heavy atom. The summed E-state index contributed by atoms with van der Waals surface area (Å²) >= 11 is 0. The fourth-order valence-corrected chi connectivity index (χ4v) is 7.48. The van der Waals surface area contributed by atoms with Gasteiger partial charge in [-0.25, -0.2) is 65.8 Å². The van der Waals surface area contributed by atoms with Crippen LogP contribution < -0.4 is 34.1 Å². The lowest BCUT2D eigenvalue weighted by Gasteiger charge is -2.28. The van der Waals surface area contributed by atoms with Gasteiger partial charge < -0.3 is 38.3 Å². The van der Waals surface area contributed by atoms with E-state index in [1.807, 2.05) is 0 Å². The SMILES string of the molecule is CCOC(=O)CCn1c(=O)n(CCC(=O)OCCn2c(=O)n(CCOCN3C(=O)N(COC)C4C3N(COC)C(=O)N4COC)c(=O)n(CCC(C)(C)O)c2=O)c(=O)n(CCC(=O)OC(C)(C)C)c1=O. The number of carbonyl (C=O) groups excluding carboxylic acids is 5. The van der Waals surface area contributed by atoms with E-state index in [1.54, 1.807) is 27.7 Å². The molecule has 29 nitrogen and oxygen atoms in total. The Labute approximate surface area is 399 Å². The molecule has 4 amide bonds. The van der Waals surface area contributed by atoms with E-state index in [-0.39, 0.29) is 46.4 Å². The summed E-state index contributed by atoms with van der Waals surface area (Å²) in [6.45, 7) is 4.29. The lowest BCUT2D eigenvalue weighted by atomic mass is 10.1. The van der Waals surface area contributed by atoms with Crippen LogP contribution in [0.4, 0.5) is 9.59 Å². The van der Waals surface area contributed by atoms with Crippen LogP contribution in [0, 0.1) is 0 Å². The number of carbonyl (C=O) groups is 5. The molecule has 2 unspecified atom stereocenters. The maximum atomic E-state index is 13.8. The summed E-state index contributed by atoms with van der Waals surface area (Å²) in [4.78, 5) is 151. The number of aliphatic hydroxyl groups is 1. The molecule has 2 aliphatic rings. The normalized spacial score (nSPS) is 16.1. The quantitative estimate of drug-likeness (QED) is 0.0531. The minimum absolute atomic E-state index is 0.0248. The lowest BCUT2D eigenvalue weighted by molar-refractivity contribution is -0.155. The highest BCUT2D eigenvalue weighted by atomic mass is 16.6. The van der Waals surface area contributed by atoms with Crippen LogP contribution in [0.5, 0.6) is 0 Å². The third-order valence-corrected chi connectivity index (χ3v) is 10.7. The number of hydrogen-bond donors (Lipinski definition) is 1. The molecular formula is C41H64N10O19. The Morgan fingerprint density at radius 3 is 1.20 bits per heavy atom. The fourth-order valence-electron chi connectivity index (χ4n) is 7.48. The summed E-state index contributed by atoms with van der Waals surface area (Å²) in [5.41, 5.74) is -8.93. The molecule has 4 rings (SSSR count). The van der Waals surface area contributed by atoms with Gasteiger partial charge in [0, 0.05) is 47.5 Å². The van der Waals surface area contributed by atoms with E-state index in [1.165, 1.54) is 54.8 Å².